The van der Waals surface area contributed by atoms with Crippen molar-refractivity contribution in [3.63, 3.8) is 0 Å². The first-order valence-corrected chi connectivity index (χ1v) is 10.1. The minimum absolute atomic E-state index is 0.00430. The van der Waals surface area contributed by atoms with E-state index in [0.29, 0.717) is 11.3 Å². The zero-order valence-electron chi connectivity index (χ0n) is 15.3. The van der Waals surface area contributed by atoms with Gasteiger partial charge in [-0.05, 0) is 48.9 Å². The molecule has 0 heterocycles. The number of benzene rings is 2. The highest BCUT2D eigenvalue weighted by Crippen LogP contribution is 2.22. The molecular weight excluding hydrogens is 380 g/mol. The summed E-state index contributed by atoms with van der Waals surface area (Å²) in [5.41, 5.74) is 1.54. The van der Waals surface area contributed by atoms with Crippen LogP contribution in [0.15, 0.2) is 54.6 Å². The second-order valence-corrected chi connectivity index (χ2v) is 7.64. The van der Waals surface area contributed by atoms with E-state index >= 15 is 0 Å². The van der Waals surface area contributed by atoms with Crippen molar-refractivity contribution in [1.29, 1.82) is 5.26 Å². The number of nitriles is 1. The summed E-state index contributed by atoms with van der Waals surface area (Å²) in [7, 11) is -4.00. The number of carbonyl (C=O) groups excluding carboxylic acids is 1. The van der Waals surface area contributed by atoms with Crippen molar-refractivity contribution in [1.82, 2.24) is 0 Å². The summed E-state index contributed by atoms with van der Waals surface area (Å²) in [6.07, 6.45) is 3.31. The summed E-state index contributed by atoms with van der Waals surface area (Å²) in [4.78, 5) is 11.7. The van der Waals surface area contributed by atoms with E-state index in [1.54, 1.807) is 43.3 Å². The van der Waals surface area contributed by atoms with E-state index in [1.165, 1.54) is 24.3 Å². The second kappa shape index (κ2) is 9.58. The molecule has 0 aliphatic heterocycles. The summed E-state index contributed by atoms with van der Waals surface area (Å²) in [6.45, 7) is 1.65. The van der Waals surface area contributed by atoms with Crippen molar-refractivity contribution in [2.24, 2.45) is 0 Å². The molecule has 1 N–H and O–H groups in total. The second-order valence-electron chi connectivity index (χ2n) is 5.75. The molecule has 0 fully saturated rings. The van der Waals surface area contributed by atoms with Crippen molar-refractivity contribution in [3.05, 3.63) is 65.7 Å². The molecule has 2 aromatic carbocycles. The lowest BCUT2D eigenvalue weighted by atomic mass is 10.1. The number of phenolic OH excluding ortho intramolecular Hbond substituents is 1. The number of nitrogens with zero attached hydrogens (tertiary/aromatic N) is 2. The van der Waals surface area contributed by atoms with Crippen LogP contribution in [-0.4, -0.2) is 38.4 Å². The number of carbonyl (C=O) groups is 1. The molecule has 0 unspecified atom stereocenters. The minimum Gasteiger partial charge on any atom is -0.508 e. The Labute approximate surface area is 164 Å². The number of aromatic hydroxyl groups is 1. The van der Waals surface area contributed by atoms with Crippen LogP contribution in [0.5, 0.6) is 5.75 Å². The van der Waals surface area contributed by atoms with Crippen LogP contribution < -0.4 is 4.31 Å². The van der Waals surface area contributed by atoms with Gasteiger partial charge in [0.05, 0.1) is 30.5 Å². The molecular formula is C20H20N2O5S. The van der Waals surface area contributed by atoms with Crippen LogP contribution in [0.2, 0.25) is 0 Å². The van der Waals surface area contributed by atoms with E-state index in [2.05, 4.69) is 0 Å². The highest BCUT2D eigenvalue weighted by Gasteiger charge is 2.25. The van der Waals surface area contributed by atoms with Crippen LogP contribution in [0.25, 0.3) is 6.08 Å². The van der Waals surface area contributed by atoms with Crippen molar-refractivity contribution in [3.8, 4) is 11.8 Å². The van der Waals surface area contributed by atoms with Crippen LogP contribution in [0, 0.1) is 11.3 Å². The molecule has 0 bridgehead atoms. The summed E-state index contributed by atoms with van der Waals surface area (Å²) >= 11 is 0. The third-order valence-corrected chi connectivity index (χ3v) is 5.31. The smallest absolute Gasteiger partial charge is 0.323 e. The van der Waals surface area contributed by atoms with E-state index in [4.69, 9.17) is 10.00 Å². The number of phenols is 1. The van der Waals surface area contributed by atoms with Gasteiger partial charge < -0.3 is 9.84 Å². The lowest BCUT2D eigenvalue weighted by Crippen LogP contribution is -2.36. The highest BCUT2D eigenvalue weighted by atomic mass is 32.2. The Morgan fingerprint density at radius 2 is 1.96 bits per heavy atom. The van der Waals surface area contributed by atoms with E-state index in [0.717, 1.165) is 9.87 Å². The number of hydrogen-bond donors (Lipinski definition) is 1. The van der Waals surface area contributed by atoms with E-state index < -0.39 is 21.7 Å². The Hall–Kier alpha value is -3.31. The maximum Gasteiger partial charge on any atom is 0.323 e. The third-order valence-electron chi connectivity index (χ3n) is 3.68. The number of rotatable bonds is 8. The SMILES string of the molecule is CCOC(=O)CS(=O)(=O)N(CC=Cc1cccc(C#N)c1)c1ccc(O)cc1. The fraction of sp³-hybridized carbons (Fsp3) is 0.200. The number of sulfonamides is 1. The maximum atomic E-state index is 12.7. The molecule has 0 aliphatic carbocycles. The first kappa shape index (κ1) is 21.0. The maximum absolute atomic E-state index is 12.7. The predicted molar refractivity (Wildman–Crippen MR) is 106 cm³/mol. The number of ether oxygens (including phenoxy) is 1. The molecule has 0 saturated heterocycles. The molecule has 0 spiro atoms. The molecule has 0 atom stereocenters. The van der Waals surface area contributed by atoms with E-state index in [9.17, 15) is 18.3 Å². The molecule has 146 valence electrons. The standard InChI is InChI=1S/C20H20N2O5S/c1-2-27-20(24)15-28(25,26)22(18-8-10-19(23)11-9-18)12-4-7-16-5-3-6-17(13-16)14-21/h3-11,13,23H,2,12,15H2,1H3. The summed E-state index contributed by atoms with van der Waals surface area (Å²) < 4.78 is 31.3. The molecule has 28 heavy (non-hydrogen) atoms. The lowest BCUT2D eigenvalue weighted by molar-refractivity contribution is -0.139. The normalized spacial score (nSPS) is 11.1. The Morgan fingerprint density at radius 3 is 2.61 bits per heavy atom. The van der Waals surface area contributed by atoms with Crippen molar-refractivity contribution >= 4 is 27.8 Å². The minimum atomic E-state index is -4.00. The van der Waals surface area contributed by atoms with Gasteiger partial charge in [0.25, 0.3) is 0 Å². The van der Waals surface area contributed by atoms with Gasteiger partial charge in [-0.15, -0.1) is 0 Å². The van der Waals surface area contributed by atoms with Crippen LogP contribution in [-0.2, 0) is 19.6 Å². The van der Waals surface area contributed by atoms with E-state index in [1.807, 2.05) is 6.07 Å². The number of hydrogen-bond acceptors (Lipinski definition) is 6. The predicted octanol–water partition coefficient (Wildman–Crippen LogP) is 2.68. The largest absolute Gasteiger partial charge is 0.508 e. The molecule has 2 rings (SSSR count). The van der Waals surface area contributed by atoms with Crippen molar-refractivity contribution < 1.29 is 23.1 Å². The molecule has 0 amide bonds. The Balaban J connectivity index is 2.28. The van der Waals surface area contributed by atoms with Gasteiger partial charge in [0.2, 0.25) is 10.0 Å². The van der Waals surface area contributed by atoms with Crippen LogP contribution in [0.4, 0.5) is 5.69 Å². The van der Waals surface area contributed by atoms with Crippen LogP contribution in [0.1, 0.15) is 18.1 Å². The molecule has 0 radical (unpaired) electrons. The summed E-state index contributed by atoms with van der Waals surface area (Å²) in [5, 5.41) is 18.4. The molecule has 0 aromatic heterocycles. The van der Waals surface area contributed by atoms with Gasteiger partial charge in [0.15, 0.2) is 5.75 Å². The van der Waals surface area contributed by atoms with Gasteiger partial charge in [-0.2, -0.15) is 5.26 Å². The fourth-order valence-corrected chi connectivity index (χ4v) is 3.72. The quantitative estimate of drug-likeness (QED) is 0.683. The molecule has 0 aliphatic rings. The third kappa shape index (κ3) is 5.86. The highest BCUT2D eigenvalue weighted by molar-refractivity contribution is 7.93. The summed E-state index contributed by atoms with van der Waals surface area (Å²) in [5.74, 6) is -1.63. The molecule has 7 nitrogen and oxygen atoms in total. The lowest BCUT2D eigenvalue weighted by Gasteiger charge is -2.22. The Kier molecular flexibility index (Phi) is 7.18. The van der Waals surface area contributed by atoms with Gasteiger partial charge in [-0.1, -0.05) is 24.3 Å². The Bertz CT molecular complexity index is 992. The van der Waals surface area contributed by atoms with E-state index in [-0.39, 0.29) is 18.9 Å². The average Bonchev–Trinajstić information content (AvgIpc) is 2.66. The zero-order valence-corrected chi connectivity index (χ0v) is 16.1. The van der Waals surface area contributed by atoms with Gasteiger partial charge >= 0.3 is 5.97 Å². The van der Waals surface area contributed by atoms with Crippen LogP contribution in [0.3, 0.4) is 0 Å². The van der Waals surface area contributed by atoms with Crippen LogP contribution >= 0.6 is 0 Å². The molecule has 8 heteroatoms. The molecule has 0 saturated carbocycles. The molecule has 2 aromatic rings. The number of esters is 1. The van der Waals surface area contributed by atoms with Gasteiger partial charge in [0.1, 0.15) is 5.75 Å². The fourth-order valence-electron chi connectivity index (χ4n) is 2.42. The van der Waals surface area contributed by atoms with Gasteiger partial charge in [-0.3, -0.25) is 9.10 Å². The van der Waals surface area contributed by atoms with Gasteiger partial charge in [-0.25, -0.2) is 8.42 Å². The summed E-state index contributed by atoms with van der Waals surface area (Å²) in [6, 6.07) is 14.5. The first-order valence-electron chi connectivity index (χ1n) is 8.47. The van der Waals surface area contributed by atoms with Gasteiger partial charge in [0, 0.05) is 0 Å². The average molecular weight is 400 g/mol. The van der Waals surface area contributed by atoms with Crippen molar-refractivity contribution in [2.45, 2.75) is 6.92 Å². The Morgan fingerprint density at radius 1 is 1.25 bits per heavy atom. The zero-order chi connectivity index (χ0) is 20.6. The topological polar surface area (TPSA) is 108 Å². The first-order chi connectivity index (χ1) is 13.4. The van der Waals surface area contributed by atoms with Crippen molar-refractivity contribution in [2.75, 3.05) is 23.2 Å². The monoisotopic (exact) mass is 400 g/mol. The number of anilines is 1.